The molecule has 0 aliphatic carbocycles. The Morgan fingerprint density at radius 3 is 2.52 bits per heavy atom. The fourth-order valence-corrected chi connectivity index (χ4v) is 2.45. The zero-order chi connectivity index (χ0) is 15.8. The Kier molecular flexibility index (Phi) is 8.58. The lowest BCUT2D eigenvalue weighted by atomic mass is 10.1. The highest BCUT2D eigenvalue weighted by molar-refractivity contribution is 5.94. The van der Waals surface area contributed by atoms with Crippen LogP contribution in [0.1, 0.15) is 36.0 Å². The average molecular weight is 344 g/mol. The van der Waals surface area contributed by atoms with Crippen LogP contribution in [0.3, 0.4) is 0 Å². The molecule has 1 fully saturated rings. The number of amides is 2. The Balaban J connectivity index is 0.00000264. The van der Waals surface area contributed by atoms with Gasteiger partial charge in [-0.15, -0.1) is 12.4 Å². The summed E-state index contributed by atoms with van der Waals surface area (Å²) in [5.41, 5.74) is 0.428. The van der Waals surface area contributed by atoms with Gasteiger partial charge >= 0.3 is 0 Å². The zero-order valence-corrected chi connectivity index (χ0v) is 13.8. The van der Waals surface area contributed by atoms with Crippen LogP contribution in [0.15, 0.2) is 24.3 Å². The van der Waals surface area contributed by atoms with E-state index in [1.807, 2.05) is 0 Å². The Labute approximate surface area is 141 Å². The van der Waals surface area contributed by atoms with Crippen LogP contribution in [0, 0.1) is 5.82 Å². The summed E-state index contributed by atoms with van der Waals surface area (Å²) in [6.07, 6.45) is 3.37. The molecule has 7 heteroatoms. The minimum absolute atomic E-state index is 0. The molecule has 3 N–H and O–H groups in total. The zero-order valence-electron chi connectivity index (χ0n) is 12.9. The molecule has 2 rings (SSSR count). The Morgan fingerprint density at radius 2 is 1.87 bits per heavy atom. The standard InChI is InChI=1S/C16H22FN3O2.ClH/c17-13-6-4-12(5-7-13)16(22)20-10-2-9-19-15(21)11-14-3-1-8-18-14;/h4-7,14,18H,1-3,8-11H2,(H,19,21)(H,20,22);1H. The molecule has 1 aliphatic heterocycles. The highest BCUT2D eigenvalue weighted by Crippen LogP contribution is 2.08. The predicted octanol–water partition coefficient (Wildman–Crippen LogP) is 1.63. The first-order chi connectivity index (χ1) is 10.6. The van der Waals surface area contributed by atoms with Gasteiger partial charge in [0, 0.05) is 31.1 Å². The highest BCUT2D eigenvalue weighted by atomic mass is 35.5. The summed E-state index contributed by atoms with van der Waals surface area (Å²) in [4.78, 5) is 23.4. The van der Waals surface area contributed by atoms with Gasteiger partial charge in [0.2, 0.25) is 5.91 Å². The first-order valence-corrected chi connectivity index (χ1v) is 7.69. The van der Waals surface area contributed by atoms with Crippen LogP contribution in [0.25, 0.3) is 0 Å². The van der Waals surface area contributed by atoms with E-state index in [0.29, 0.717) is 37.5 Å². The molecule has 0 saturated carbocycles. The summed E-state index contributed by atoms with van der Waals surface area (Å²) in [7, 11) is 0. The van der Waals surface area contributed by atoms with E-state index < -0.39 is 0 Å². The summed E-state index contributed by atoms with van der Waals surface area (Å²) >= 11 is 0. The van der Waals surface area contributed by atoms with E-state index in [4.69, 9.17) is 0 Å². The Bertz CT molecular complexity index is 505. The molecular formula is C16H23ClFN3O2. The summed E-state index contributed by atoms with van der Waals surface area (Å²) in [6, 6.07) is 5.71. The van der Waals surface area contributed by atoms with E-state index in [2.05, 4.69) is 16.0 Å². The highest BCUT2D eigenvalue weighted by Gasteiger charge is 2.17. The van der Waals surface area contributed by atoms with E-state index in [1.165, 1.54) is 24.3 Å². The SMILES string of the molecule is Cl.O=C(CC1CCCN1)NCCCNC(=O)c1ccc(F)cc1. The van der Waals surface area contributed by atoms with Crippen molar-refractivity contribution in [2.75, 3.05) is 19.6 Å². The lowest BCUT2D eigenvalue weighted by Crippen LogP contribution is -2.33. The van der Waals surface area contributed by atoms with Crippen molar-refractivity contribution in [1.82, 2.24) is 16.0 Å². The third-order valence-electron chi connectivity index (χ3n) is 3.66. The van der Waals surface area contributed by atoms with Crippen molar-refractivity contribution >= 4 is 24.2 Å². The molecule has 1 unspecified atom stereocenters. The van der Waals surface area contributed by atoms with Crippen molar-refractivity contribution in [2.24, 2.45) is 0 Å². The Hall–Kier alpha value is -1.66. The first kappa shape index (κ1) is 19.4. The topological polar surface area (TPSA) is 70.2 Å². The molecule has 0 bridgehead atoms. The molecule has 1 aliphatic rings. The van der Waals surface area contributed by atoms with E-state index in [1.54, 1.807) is 0 Å². The van der Waals surface area contributed by atoms with Gasteiger partial charge in [0.05, 0.1) is 0 Å². The van der Waals surface area contributed by atoms with Gasteiger partial charge in [0.15, 0.2) is 0 Å². The summed E-state index contributed by atoms with van der Waals surface area (Å²) in [6.45, 7) is 2.00. The number of hydrogen-bond donors (Lipinski definition) is 3. The van der Waals surface area contributed by atoms with Crippen LogP contribution in [-0.2, 0) is 4.79 Å². The summed E-state index contributed by atoms with van der Waals surface area (Å²) in [5.74, 6) is -0.554. The fraction of sp³-hybridized carbons (Fsp3) is 0.500. The number of halogens is 2. The van der Waals surface area contributed by atoms with Gasteiger partial charge in [-0.2, -0.15) is 0 Å². The molecule has 0 radical (unpaired) electrons. The molecule has 1 saturated heterocycles. The lowest BCUT2D eigenvalue weighted by Gasteiger charge is -2.10. The maximum atomic E-state index is 12.7. The van der Waals surface area contributed by atoms with Crippen LogP contribution in [-0.4, -0.2) is 37.5 Å². The van der Waals surface area contributed by atoms with Crippen molar-refractivity contribution < 1.29 is 14.0 Å². The van der Waals surface area contributed by atoms with Gasteiger partial charge in [-0.1, -0.05) is 0 Å². The van der Waals surface area contributed by atoms with E-state index in [-0.39, 0.29) is 30.0 Å². The third-order valence-corrected chi connectivity index (χ3v) is 3.66. The number of carbonyl (C=O) groups excluding carboxylic acids is 2. The maximum Gasteiger partial charge on any atom is 0.251 e. The van der Waals surface area contributed by atoms with Gasteiger partial charge in [-0.05, 0) is 50.1 Å². The molecule has 1 heterocycles. The lowest BCUT2D eigenvalue weighted by molar-refractivity contribution is -0.121. The normalized spacial score (nSPS) is 16.5. The molecule has 23 heavy (non-hydrogen) atoms. The van der Waals surface area contributed by atoms with Gasteiger partial charge in [-0.3, -0.25) is 9.59 Å². The molecular weight excluding hydrogens is 321 g/mol. The van der Waals surface area contributed by atoms with Crippen molar-refractivity contribution in [3.63, 3.8) is 0 Å². The smallest absolute Gasteiger partial charge is 0.251 e. The third kappa shape index (κ3) is 6.97. The molecule has 0 aromatic heterocycles. The minimum Gasteiger partial charge on any atom is -0.356 e. The van der Waals surface area contributed by atoms with Gasteiger partial charge in [0.25, 0.3) is 5.91 Å². The number of carbonyl (C=O) groups is 2. The predicted molar refractivity (Wildman–Crippen MR) is 89.2 cm³/mol. The van der Waals surface area contributed by atoms with E-state index in [0.717, 1.165) is 19.4 Å². The van der Waals surface area contributed by atoms with Crippen molar-refractivity contribution in [1.29, 1.82) is 0 Å². The average Bonchev–Trinajstić information content (AvgIpc) is 3.00. The number of hydrogen-bond acceptors (Lipinski definition) is 3. The molecule has 5 nitrogen and oxygen atoms in total. The molecule has 1 aromatic carbocycles. The molecule has 0 spiro atoms. The van der Waals surface area contributed by atoms with Crippen LogP contribution in [0.2, 0.25) is 0 Å². The van der Waals surface area contributed by atoms with Crippen LogP contribution >= 0.6 is 12.4 Å². The molecule has 128 valence electrons. The van der Waals surface area contributed by atoms with Gasteiger partial charge < -0.3 is 16.0 Å². The minimum atomic E-state index is -0.365. The van der Waals surface area contributed by atoms with E-state index >= 15 is 0 Å². The summed E-state index contributed by atoms with van der Waals surface area (Å²) in [5, 5.41) is 8.87. The first-order valence-electron chi connectivity index (χ1n) is 7.69. The number of rotatable bonds is 7. The van der Waals surface area contributed by atoms with Gasteiger partial charge in [0.1, 0.15) is 5.82 Å². The van der Waals surface area contributed by atoms with Crippen LogP contribution < -0.4 is 16.0 Å². The Morgan fingerprint density at radius 1 is 1.17 bits per heavy atom. The van der Waals surface area contributed by atoms with Gasteiger partial charge in [-0.25, -0.2) is 4.39 Å². The second-order valence-electron chi connectivity index (χ2n) is 5.46. The van der Waals surface area contributed by atoms with E-state index in [9.17, 15) is 14.0 Å². The second-order valence-corrected chi connectivity index (χ2v) is 5.46. The largest absolute Gasteiger partial charge is 0.356 e. The van der Waals surface area contributed by atoms with Crippen molar-refractivity contribution in [3.05, 3.63) is 35.6 Å². The molecule has 2 amide bonds. The van der Waals surface area contributed by atoms with Crippen LogP contribution in [0.5, 0.6) is 0 Å². The fourth-order valence-electron chi connectivity index (χ4n) is 2.45. The number of benzene rings is 1. The van der Waals surface area contributed by atoms with Crippen molar-refractivity contribution in [3.8, 4) is 0 Å². The molecule has 1 atom stereocenters. The summed E-state index contributed by atoms with van der Waals surface area (Å²) < 4.78 is 12.7. The number of nitrogens with one attached hydrogen (secondary N) is 3. The maximum absolute atomic E-state index is 12.7. The van der Waals surface area contributed by atoms with Crippen LogP contribution in [0.4, 0.5) is 4.39 Å². The quantitative estimate of drug-likeness (QED) is 0.659. The molecule has 1 aromatic rings. The monoisotopic (exact) mass is 343 g/mol. The second kappa shape index (κ2) is 10.2. The van der Waals surface area contributed by atoms with Crippen molar-refractivity contribution in [2.45, 2.75) is 31.7 Å².